The van der Waals surface area contributed by atoms with Crippen LogP contribution in [0.4, 0.5) is 0 Å². The number of hydrogen-bond donors (Lipinski definition) is 22. The molecule has 0 spiro atoms. The molecule has 7 fully saturated rings. The summed E-state index contributed by atoms with van der Waals surface area (Å²) in [7, 11) is 0. The molecule has 7 aliphatic rings. The van der Waals surface area contributed by atoms with E-state index in [2.05, 4.69) is 5.32 Å². The molecule has 0 aromatic carbocycles. The van der Waals surface area contributed by atoms with Crippen LogP contribution in [0, 0.1) is 0 Å². The van der Waals surface area contributed by atoms with Gasteiger partial charge in [-0.05, 0) is 6.92 Å². The number of amides is 1. The van der Waals surface area contributed by atoms with Crippen molar-refractivity contribution < 1.29 is 174 Å². The first kappa shape index (κ1) is 65.6. The molecule has 0 aromatic rings. The van der Waals surface area contributed by atoms with Crippen LogP contribution in [0.3, 0.4) is 0 Å². The molecule has 35 atom stereocenters. The van der Waals surface area contributed by atoms with E-state index in [1.54, 1.807) is 0 Å². The molecular weight excluding hydrogens is 1100 g/mol. The summed E-state index contributed by atoms with van der Waals surface area (Å²) in [6.07, 6.45) is -66.7. The Labute approximate surface area is 452 Å². The second-order valence-corrected chi connectivity index (χ2v) is 20.3. The van der Waals surface area contributed by atoms with E-state index in [-0.39, 0.29) is 0 Å². The molecule has 36 nitrogen and oxygen atoms in total. The highest BCUT2D eigenvalue weighted by Gasteiger charge is 2.59. The number of hydrogen-bond acceptors (Lipinski definition) is 35. The Bertz CT molecular complexity index is 1920. The van der Waals surface area contributed by atoms with E-state index in [0.29, 0.717) is 0 Å². The minimum Gasteiger partial charge on any atom is -0.394 e. The molecule has 22 N–H and O–H groups in total. The van der Waals surface area contributed by atoms with Gasteiger partial charge in [-0.3, -0.25) is 4.79 Å². The summed E-state index contributed by atoms with van der Waals surface area (Å²) in [5.74, 6) is -0.805. The highest BCUT2D eigenvalue weighted by atomic mass is 16.8. The third-order valence-electron chi connectivity index (χ3n) is 14.9. The minimum absolute atomic E-state index is 0.805. The Morgan fingerprint density at radius 2 is 0.750 bits per heavy atom. The van der Waals surface area contributed by atoms with E-state index in [0.717, 1.165) is 6.92 Å². The normalized spacial score (nSPS) is 52.4. The predicted octanol–water partition coefficient (Wildman–Crippen LogP) is -15.1. The molecule has 0 aliphatic carbocycles. The van der Waals surface area contributed by atoms with Crippen LogP contribution in [0.5, 0.6) is 0 Å². The second kappa shape index (κ2) is 28.1. The summed E-state index contributed by atoms with van der Waals surface area (Å²) >= 11 is 0. The highest BCUT2D eigenvalue weighted by molar-refractivity contribution is 5.73. The molecule has 0 radical (unpaired) electrons. The number of rotatable bonds is 19. The van der Waals surface area contributed by atoms with E-state index in [1.165, 1.54) is 6.92 Å². The summed E-state index contributed by atoms with van der Waals surface area (Å²) in [5, 5.41) is 228. The van der Waals surface area contributed by atoms with Gasteiger partial charge in [-0.2, -0.15) is 0 Å². The molecule has 36 heteroatoms. The van der Waals surface area contributed by atoms with Crippen molar-refractivity contribution in [2.45, 2.75) is 229 Å². The van der Waals surface area contributed by atoms with E-state index >= 15 is 0 Å². The molecular formula is C44H75NO35. The Kier molecular flexibility index (Phi) is 23.0. The lowest BCUT2D eigenvalue weighted by Gasteiger charge is -2.51. The van der Waals surface area contributed by atoms with Crippen molar-refractivity contribution in [3.8, 4) is 0 Å². The lowest BCUT2D eigenvalue weighted by molar-refractivity contribution is -0.407. The number of carbonyl (C=O) groups excluding carboxylic acids is 1. The first-order valence-corrected chi connectivity index (χ1v) is 25.5. The van der Waals surface area contributed by atoms with Crippen LogP contribution in [0.2, 0.25) is 0 Å². The average Bonchev–Trinajstić information content (AvgIpc) is 3.45. The molecule has 80 heavy (non-hydrogen) atoms. The van der Waals surface area contributed by atoms with Gasteiger partial charge in [0, 0.05) is 6.92 Å². The third-order valence-corrected chi connectivity index (χ3v) is 14.9. The van der Waals surface area contributed by atoms with Gasteiger partial charge in [0.1, 0.15) is 165 Å². The van der Waals surface area contributed by atoms with Crippen molar-refractivity contribution in [1.29, 1.82) is 0 Å². The minimum atomic E-state index is -2.38. The van der Waals surface area contributed by atoms with Gasteiger partial charge in [-0.1, -0.05) is 0 Å². The van der Waals surface area contributed by atoms with Crippen molar-refractivity contribution >= 4 is 5.91 Å². The summed E-state index contributed by atoms with van der Waals surface area (Å²) in [5.41, 5.74) is 0. The number of carbonyl (C=O) groups is 1. The third kappa shape index (κ3) is 13.7. The fourth-order valence-corrected chi connectivity index (χ4v) is 10.2. The van der Waals surface area contributed by atoms with Gasteiger partial charge >= 0.3 is 0 Å². The van der Waals surface area contributed by atoms with Crippen LogP contribution in [-0.4, -0.2) is 368 Å². The zero-order valence-corrected chi connectivity index (χ0v) is 42.6. The maximum atomic E-state index is 12.3. The molecule has 0 bridgehead atoms. The topological polar surface area (TPSA) is 574 Å². The monoisotopic (exact) mass is 1180 g/mol. The van der Waals surface area contributed by atoms with Gasteiger partial charge in [0.25, 0.3) is 0 Å². The SMILES string of the molecule is CC(=O)N[C@H]1[C@@H](O[C@H]2[C@@H](O)[C@@H](CO)O[C@@H](O[C@@H]3[C@H](O)[C@@H](O)[C@H](O[C@H]4[C@@H](O)[C@@H](CO[C@@H]5O[C@H](CO)[C@H](O)[C@H](O)[C@H]5O)O[C@@H](O[C@H]5[C@H](O)[C@@H](O)[C@H](O)O[C@@H]5CO)[C@@H]4O)O[C@@H]3CO)[C@@H]2O[C@@H]2O[C@@H](C)[C@@H](O)[C@@H](O)[C@@H]2O)O[C@H](CO)[C@H](O)[C@@H]1O. The maximum absolute atomic E-state index is 12.3. The molecule has 0 unspecified atom stereocenters. The standard InChI is InChI=1S/C44H75NO35/c1-9-18(52)24(58)30(64)41(69-9)80-37-36(79-39-17(45-10(2)51)23(57)19(53)11(3-46)71-39)21(55)13(5-48)73-44(37)77-34-15(7-50)74-42(31(65)27(34)61)78-35-22(56)16(8-68-40-29(63)25(59)20(54)12(4-47)72-40)75-43(32(35)66)76-33-14(6-49)70-38(67)28(62)26(33)60/h9,11-44,46-50,52-67H,3-8H2,1-2H3,(H,45,51)/t9-,11+,12+,13+,14+,15+,16+,17+,18+,19-,20-,21-,22-,23+,24+,25-,26+,27+,28+,29+,30-,31+,32+,33+,34-,35-,36-,37+,38+,39+,40+,41-,42-,43-,44-/m0/s1. The lowest BCUT2D eigenvalue weighted by Crippen LogP contribution is -2.70. The van der Waals surface area contributed by atoms with Crippen LogP contribution in [0.25, 0.3) is 0 Å². The molecule has 1 amide bonds. The molecule has 0 aromatic heterocycles. The molecule has 7 rings (SSSR count). The first-order valence-electron chi connectivity index (χ1n) is 25.5. The molecule has 0 saturated carbocycles. The fourth-order valence-electron chi connectivity index (χ4n) is 10.2. The van der Waals surface area contributed by atoms with Gasteiger partial charge in [0.2, 0.25) is 5.91 Å². The summed E-state index contributed by atoms with van der Waals surface area (Å²) in [4.78, 5) is 12.3. The quantitative estimate of drug-likeness (QED) is 0.0571. The predicted molar refractivity (Wildman–Crippen MR) is 242 cm³/mol. The largest absolute Gasteiger partial charge is 0.394 e. The van der Waals surface area contributed by atoms with Crippen molar-refractivity contribution in [1.82, 2.24) is 5.32 Å². The van der Waals surface area contributed by atoms with Crippen LogP contribution in [-0.2, 0) is 66.4 Å². The van der Waals surface area contributed by atoms with Gasteiger partial charge in [-0.15, -0.1) is 0 Å². The molecule has 7 saturated heterocycles. The van der Waals surface area contributed by atoms with Gasteiger partial charge in [0.05, 0.1) is 45.7 Å². The number of aliphatic hydroxyl groups is 21. The smallest absolute Gasteiger partial charge is 0.217 e. The first-order chi connectivity index (χ1) is 37.8. The zero-order valence-electron chi connectivity index (χ0n) is 42.6. The van der Waals surface area contributed by atoms with Gasteiger partial charge in [-0.25, -0.2) is 0 Å². The fraction of sp³-hybridized carbons (Fsp3) is 0.977. The van der Waals surface area contributed by atoms with Gasteiger partial charge < -0.3 is 174 Å². The van der Waals surface area contributed by atoms with Crippen molar-refractivity contribution in [3.63, 3.8) is 0 Å². The summed E-state index contributed by atoms with van der Waals surface area (Å²) in [6, 6.07) is -1.69. The summed E-state index contributed by atoms with van der Waals surface area (Å²) in [6.45, 7) is -3.65. The van der Waals surface area contributed by atoms with E-state index in [1.807, 2.05) is 0 Å². The lowest BCUT2D eigenvalue weighted by atomic mass is 9.94. The molecule has 7 heterocycles. The Morgan fingerprint density at radius 1 is 0.350 bits per heavy atom. The average molecular weight is 1180 g/mol. The Hall–Kier alpha value is -1.89. The van der Waals surface area contributed by atoms with E-state index < -0.39 is 260 Å². The van der Waals surface area contributed by atoms with E-state index in [4.69, 9.17) is 61.6 Å². The maximum Gasteiger partial charge on any atom is 0.217 e. The molecule has 7 aliphatic heterocycles. The van der Waals surface area contributed by atoms with Crippen LogP contribution in [0.1, 0.15) is 13.8 Å². The number of ether oxygens (including phenoxy) is 13. The van der Waals surface area contributed by atoms with Crippen LogP contribution >= 0.6 is 0 Å². The van der Waals surface area contributed by atoms with E-state index in [9.17, 15) is 112 Å². The van der Waals surface area contributed by atoms with Crippen LogP contribution < -0.4 is 5.32 Å². The van der Waals surface area contributed by atoms with Crippen molar-refractivity contribution in [2.24, 2.45) is 0 Å². The second-order valence-electron chi connectivity index (χ2n) is 20.3. The van der Waals surface area contributed by atoms with Crippen molar-refractivity contribution in [3.05, 3.63) is 0 Å². The number of aliphatic hydroxyl groups excluding tert-OH is 21. The van der Waals surface area contributed by atoms with Crippen LogP contribution in [0.15, 0.2) is 0 Å². The zero-order chi connectivity index (χ0) is 58.9. The number of nitrogens with one attached hydrogen (secondary N) is 1. The Balaban J connectivity index is 1.16. The van der Waals surface area contributed by atoms with Crippen molar-refractivity contribution in [2.75, 3.05) is 39.6 Å². The highest BCUT2D eigenvalue weighted by Crippen LogP contribution is 2.38. The Morgan fingerprint density at radius 3 is 1.35 bits per heavy atom. The summed E-state index contributed by atoms with van der Waals surface area (Å²) < 4.78 is 74.7. The molecule has 466 valence electrons. The van der Waals surface area contributed by atoms with Gasteiger partial charge in [0.15, 0.2) is 44.0 Å².